The summed E-state index contributed by atoms with van der Waals surface area (Å²) in [7, 11) is 2.00. The number of likely N-dealkylation sites (N-methyl/N-ethyl adjacent to an activating group) is 1. The Morgan fingerprint density at radius 3 is 2.44 bits per heavy atom. The SMILES string of the molecule is CN1CCN(c2nc3c(cc2F)c(=O)n(O)c(=O)n3C2CC2)CC1.Cl. The highest BCUT2D eigenvalue weighted by molar-refractivity contribution is 5.85. The van der Waals surface area contributed by atoms with Crippen LogP contribution in [0.15, 0.2) is 15.7 Å². The number of hydrogen-bond acceptors (Lipinski definition) is 6. The van der Waals surface area contributed by atoms with E-state index in [-0.39, 0.29) is 40.0 Å². The molecular formula is C15H19ClFN5O3. The Bertz CT molecular complexity index is 931. The van der Waals surface area contributed by atoms with Crippen LogP contribution in [-0.4, -0.2) is 57.6 Å². The summed E-state index contributed by atoms with van der Waals surface area (Å²) in [4.78, 5) is 32.6. The number of hydrogen-bond donors (Lipinski definition) is 1. The van der Waals surface area contributed by atoms with Gasteiger partial charge in [-0.15, -0.1) is 12.4 Å². The summed E-state index contributed by atoms with van der Waals surface area (Å²) in [6.45, 7) is 2.81. The summed E-state index contributed by atoms with van der Waals surface area (Å²) >= 11 is 0. The van der Waals surface area contributed by atoms with Gasteiger partial charge in [0.15, 0.2) is 17.3 Å². The predicted octanol–water partition coefficient (Wildman–Crippen LogP) is 0.443. The summed E-state index contributed by atoms with van der Waals surface area (Å²) in [5, 5.41) is 9.62. The van der Waals surface area contributed by atoms with Crippen molar-refractivity contribution in [3.8, 4) is 0 Å². The fraction of sp³-hybridized carbons (Fsp3) is 0.533. The molecule has 2 fully saturated rings. The molecule has 4 rings (SSSR count). The third-order valence-corrected chi connectivity index (χ3v) is 4.69. The third-order valence-electron chi connectivity index (χ3n) is 4.69. The smallest absolute Gasteiger partial charge is 0.366 e. The second kappa shape index (κ2) is 6.30. The van der Waals surface area contributed by atoms with Crippen LogP contribution in [0.3, 0.4) is 0 Å². The van der Waals surface area contributed by atoms with E-state index in [1.807, 2.05) is 11.9 Å². The van der Waals surface area contributed by atoms with Crippen LogP contribution < -0.4 is 16.1 Å². The average molecular weight is 372 g/mol. The first kappa shape index (κ1) is 17.7. The van der Waals surface area contributed by atoms with Crippen molar-refractivity contribution in [2.45, 2.75) is 18.9 Å². The molecule has 0 spiro atoms. The summed E-state index contributed by atoms with van der Waals surface area (Å²) in [5.74, 6) is -0.468. The standard InChI is InChI=1S/C15H18FN5O3.ClH/c1-18-4-6-19(7-5-18)13-11(16)8-10-12(17-13)20(9-2-3-9)15(23)21(24)14(10)22;/h8-9,24H,2-7H2,1H3;1H. The minimum absolute atomic E-state index is 0. The number of halogens is 2. The Morgan fingerprint density at radius 2 is 1.84 bits per heavy atom. The zero-order valence-corrected chi connectivity index (χ0v) is 14.5. The first-order valence-corrected chi connectivity index (χ1v) is 7.98. The summed E-state index contributed by atoms with van der Waals surface area (Å²) in [5.41, 5.74) is -1.62. The molecule has 2 aliphatic rings. The van der Waals surface area contributed by atoms with Crippen molar-refractivity contribution in [2.24, 2.45) is 0 Å². The molecule has 0 amide bonds. The fourth-order valence-electron chi connectivity index (χ4n) is 3.11. The van der Waals surface area contributed by atoms with Crippen LogP contribution in [0.4, 0.5) is 10.2 Å². The van der Waals surface area contributed by atoms with E-state index in [1.165, 1.54) is 4.57 Å². The zero-order valence-electron chi connectivity index (χ0n) is 13.7. The van der Waals surface area contributed by atoms with E-state index in [2.05, 4.69) is 9.88 Å². The van der Waals surface area contributed by atoms with Crippen LogP contribution in [0.2, 0.25) is 0 Å². The molecule has 0 bridgehead atoms. The predicted molar refractivity (Wildman–Crippen MR) is 92.6 cm³/mol. The molecule has 1 aliphatic carbocycles. The van der Waals surface area contributed by atoms with Gasteiger partial charge in [0.1, 0.15) is 0 Å². The van der Waals surface area contributed by atoms with Crippen LogP contribution >= 0.6 is 12.4 Å². The van der Waals surface area contributed by atoms with Crippen molar-refractivity contribution >= 4 is 29.3 Å². The van der Waals surface area contributed by atoms with Crippen LogP contribution in [-0.2, 0) is 0 Å². The number of piperazine rings is 1. The topological polar surface area (TPSA) is 83.6 Å². The molecule has 8 nitrogen and oxygen atoms in total. The normalized spacial score (nSPS) is 18.4. The van der Waals surface area contributed by atoms with Gasteiger partial charge >= 0.3 is 5.69 Å². The van der Waals surface area contributed by atoms with Gasteiger partial charge in [-0.05, 0) is 26.0 Å². The molecule has 1 N–H and O–H groups in total. The first-order chi connectivity index (χ1) is 11.5. The molecule has 1 aliphatic heterocycles. The number of pyridine rings is 1. The Hall–Kier alpha value is -2.13. The van der Waals surface area contributed by atoms with Gasteiger partial charge in [-0.25, -0.2) is 14.2 Å². The fourth-order valence-corrected chi connectivity index (χ4v) is 3.11. The highest BCUT2D eigenvalue weighted by Crippen LogP contribution is 2.35. The Labute approximate surface area is 148 Å². The van der Waals surface area contributed by atoms with E-state index in [0.717, 1.165) is 32.0 Å². The van der Waals surface area contributed by atoms with Gasteiger partial charge in [0.2, 0.25) is 0 Å². The minimum atomic E-state index is -0.941. The lowest BCUT2D eigenvalue weighted by atomic mass is 10.2. The van der Waals surface area contributed by atoms with Gasteiger partial charge in [-0.3, -0.25) is 9.36 Å². The third kappa shape index (κ3) is 2.87. The first-order valence-electron chi connectivity index (χ1n) is 7.98. The quantitative estimate of drug-likeness (QED) is 0.771. The zero-order chi connectivity index (χ0) is 17.0. The molecule has 10 heteroatoms. The van der Waals surface area contributed by atoms with Crippen molar-refractivity contribution in [3.63, 3.8) is 0 Å². The van der Waals surface area contributed by atoms with Gasteiger partial charge in [-0.1, -0.05) is 4.73 Å². The van der Waals surface area contributed by atoms with Crippen LogP contribution in [0.25, 0.3) is 11.0 Å². The highest BCUT2D eigenvalue weighted by atomic mass is 35.5. The molecule has 1 saturated carbocycles. The molecule has 136 valence electrons. The highest BCUT2D eigenvalue weighted by Gasteiger charge is 2.30. The molecule has 0 atom stereocenters. The second-order valence-corrected chi connectivity index (χ2v) is 6.46. The molecule has 0 unspecified atom stereocenters. The molecule has 2 aromatic rings. The molecule has 0 aromatic carbocycles. The maximum atomic E-state index is 14.5. The number of aromatic nitrogens is 3. The van der Waals surface area contributed by atoms with Crippen molar-refractivity contribution in [1.82, 2.24) is 19.2 Å². The van der Waals surface area contributed by atoms with Gasteiger partial charge < -0.3 is 15.0 Å². The maximum Gasteiger partial charge on any atom is 0.366 e. The van der Waals surface area contributed by atoms with Gasteiger partial charge in [0.25, 0.3) is 5.56 Å². The van der Waals surface area contributed by atoms with E-state index in [0.29, 0.717) is 13.1 Å². The molecule has 25 heavy (non-hydrogen) atoms. The molecule has 2 aromatic heterocycles. The lowest BCUT2D eigenvalue weighted by Crippen LogP contribution is -2.45. The number of anilines is 1. The second-order valence-electron chi connectivity index (χ2n) is 6.46. The molecule has 0 radical (unpaired) electrons. The number of nitrogens with zero attached hydrogens (tertiary/aromatic N) is 5. The van der Waals surface area contributed by atoms with E-state index in [9.17, 15) is 19.2 Å². The van der Waals surface area contributed by atoms with E-state index < -0.39 is 17.1 Å². The minimum Gasteiger partial charge on any atom is -0.421 e. The van der Waals surface area contributed by atoms with E-state index in [4.69, 9.17) is 0 Å². The molecular weight excluding hydrogens is 353 g/mol. The molecule has 1 saturated heterocycles. The van der Waals surface area contributed by atoms with Crippen LogP contribution in [0.1, 0.15) is 18.9 Å². The maximum absolute atomic E-state index is 14.5. The summed E-state index contributed by atoms with van der Waals surface area (Å²) < 4.78 is 15.9. The largest absolute Gasteiger partial charge is 0.421 e. The van der Waals surface area contributed by atoms with Crippen LogP contribution in [0, 0.1) is 5.82 Å². The average Bonchev–Trinajstić information content (AvgIpc) is 3.39. The lowest BCUT2D eigenvalue weighted by molar-refractivity contribution is 0.157. The number of rotatable bonds is 2. The van der Waals surface area contributed by atoms with Gasteiger partial charge in [-0.2, -0.15) is 0 Å². The van der Waals surface area contributed by atoms with Gasteiger partial charge in [0.05, 0.1) is 5.39 Å². The molecule has 3 heterocycles. The van der Waals surface area contributed by atoms with Gasteiger partial charge in [0, 0.05) is 32.2 Å². The van der Waals surface area contributed by atoms with Crippen molar-refractivity contribution in [1.29, 1.82) is 0 Å². The summed E-state index contributed by atoms with van der Waals surface area (Å²) in [6.07, 6.45) is 1.55. The van der Waals surface area contributed by atoms with Crippen molar-refractivity contribution in [2.75, 3.05) is 38.1 Å². The summed E-state index contributed by atoms with van der Waals surface area (Å²) in [6, 6.07) is 0.973. The van der Waals surface area contributed by atoms with E-state index in [1.54, 1.807) is 0 Å². The van der Waals surface area contributed by atoms with Crippen LogP contribution in [0.5, 0.6) is 0 Å². The number of fused-ring (bicyclic) bond motifs is 1. The lowest BCUT2D eigenvalue weighted by Gasteiger charge is -2.33. The Morgan fingerprint density at radius 1 is 1.20 bits per heavy atom. The Kier molecular flexibility index (Phi) is 4.46. The van der Waals surface area contributed by atoms with Crippen molar-refractivity contribution < 1.29 is 9.60 Å². The van der Waals surface area contributed by atoms with E-state index >= 15 is 0 Å². The monoisotopic (exact) mass is 371 g/mol. The van der Waals surface area contributed by atoms with Crippen molar-refractivity contribution in [3.05, 3.63) is 32.7 Å². The Balaban J connectivity index is 0.00000182.